The van der Waals surface area contributed by atoms with Crippen molar-refractivity contribution in [3.8, 4) is 0 Å². The SMILES string of the molecule is O=C(NCC1CNC1)c1cccc(S(=O)(=O)NCc2cccs2)c1. The number of amides is 1. The summed E-state index contributed by atoms with van der Waals surface area (Å²) in [4.78, 5) is 13.2. The van der Waals surface area contributed by atoms with Crippen molar-refractivity contribution in [2.45, 2.75) is 11.4 Å². The van der Waals surface area contributed by atoms with E-state index in [0.29, 0.717) is 18.0 Å². The number of carbonyl (C=O) groups excluding carboxylic acids is 1. The Bertz CT molecular complexity index is 800. The molecule has 2 aromatic rings. The van der Waals surface area contributed by atoms with Gasteiger partial charge in [0.2, 0.25) is 10.0 Å². The molecule has 1 amide bonds. The van der Waals surface area contributed by atoms with Crippen LogP contribution in [0.25, 0.3) is 0 Å². The zero-order valence-corrected chi connectivity index (χ0v) is 14.6. The van der Waals surface area contributed by atoms with Crippen molar-refractivity contribution in [3.05, 3.63) is 52.2 Å². The molecule has 6 nitrogen and oxygen atoms in total. The summed E-state index contributed by atoms with van der Waals surface area (Å²) < 4.78 is 27.3. The van der Waals surface area contributed by atoms with E-state index in [-0.39, 0.29) is 17.3 Å². The van der Waals surface area contributed by atoms with E-state index in [1.807, 2.05) is 17.5 Å². The Kier molecular flexibility index (Phi) is 5.30. The normalized spacial score (nSPS) is 15.0. The van der Waals surface area contributed by atoms with Crippen molar-refractivity contribution in [1.29, 1.82) is 0 Å². The number of hydrogen-bond donors (Lipinski definition) is 3. The minimum atomic E-state index is -3.65. The maximum Gasteiger partial charge on any atom is 0.251 e. The first-order chi connectivity index (χ1) is 11.5. The summed E-state index contributed by atoms with van der Waals surface area (Å²) in [5.74, 6) is 0.200. The van der Waals surface area contributed by atoms with Gasteiger partial charge in [-0.2, -0.15) is 0 Å². The van der Waals surface area contributed by atoms with Crippen LogP contribution < -0.4 is 15.4 Å². The van der Waals surface area contributed by atoms with E-state index in [2.05, 4.69) is 15.4 Å². The van der Waals surface area contributed by atoms with Crippen LogP contribution >= 0.6 is 11.3 Å². The largest absolute Gasteiger partial charge is 0.352 e. The molecule has 0 bridgehead atoms. The van der Waals surface area contributed by atoms with Gasteiger partial charge in [-0.1, -0.05) is 12.1 Å². The van der Waals surface area contributed by atoms with Crippen molar-refractivity contribution >= 4 is 27.3 Å². The van der Waals surface area contributed by atoms with Crippen molar-refractivity contribution < 1.29 is 13.2 Å². The van der Waals surface area contributed by atoms with Gasteiger partial charge in [-0.25, -0.2) is 13.1 Å². The molecule has 1 saturated heterocycles. The maximum atomic E-state index is 12.4. The molecule has 0 radical (unpaired) electrons. The molecule has 0 aliphatic carbocycles. The molecular weight excluding hydrogens is 346 g/mol. The summed E-state index contributed by atoms with van der Waals surface area (Å²) in [5, 5.41) is 7.88. The highest BCUT2D eigenvalue weighted by atomic mass is 32.2. The summed E-state index contributed by atoms with van der Waals surface area (Å²) in [6.45, 7) is 2.65. The third-order valence-electron chi connectivity index (χ3n) is 3.84. The molecule has 0 atom stereocenters. The van der Waals surface area contributed by atoms with Gasteiger partial charge in [-0.15, -0.1) is 11.3 Å². The van der Waals surface area contributed by atoms with Crippen molar-refractivity contribution in [3.63, 3.8) is 0 Å². The van der Waals surface area contributed by atoms with Crippen molar-refractivity contribution in [2.24, 2.45) is 5.92 Å². The molecule has 128 valence electrons. The minimum Gasteiger partial charge on any atom is -0.352 e. The molecule has 2 heterocycles. The quantitative estimate of drug-likeness (QED) is 0.687. The second-order valence-corrected chi connectivity index (χ2v) is 8.47. The zero-order chi connectivity index (χ0) is 17.0. The van der Waals surface area contributed by atoms with Crippen LogP contribution in [0.4, 0.5) is 0 Å². The van der Waals surface area contributed by atoms with E-state index in [1.165, 1.54) is 23.5 Å². The standard InChI is InChI=1S/C16H19N3O3S2/c20-16(18-10-12-8-17-9-12)13-3-1-5-15(7-13)24(21,22)19-11-14-4-2-6-23-14/h1-7,12,17,19H,8-11H2,(H,18,20). The maximum absolute atomic E-state index is 12.4. The van der Waals surface area contributed by atoms with Gasteiger partial charge in [0.25, 0.3) is 5.91 Å². The highest BCUT2D eigenvalue weighted by molar-refractivity contribution is 7.89. The van der Waals surface area contributed by atoms with Crippen LogP contribution in [0.2, 0.25) is 0 Å². The van der Waals surface area contributed by atoms with Gasteiger partial charge in [0.05, 0.1) is 4.90 Å². The Labute approximate surface area is 145 Å². The lowest BCUT2D eigenvalue weighted by Gasteiger charge is -2.27. The second-order valence-electron chi connectivity index (χ2n) is 5.67. The molecule has 1 aromatic heterocycles. The van der Waals surface area contributed by atoms with Crippen LogP contribution in [0.5, 0.6) is 0 Å². The molecule has 1 aromatic carbocycles. The average molecular weight is 365 g/mol. The highest BCUT2D eigenvalue weighted by Crippen LogP contribution is 2.14. The lowest BCUT2D eigenvalue weighted by Crippen LogP contribution is -2.48. The smallest absolute Gasteiger partial charge is 0.251 e. The summed E-state index contributed by atoms with van der Waals surface area (Å²) in [6, 6.07) is 9.84. The predicted molar refractivity (Wildman–Crippen MR) is 93.5 cm³/mol. The molecule has 1 fully saturated rings. The van der Waals surface area contributed by atoms with Gasteiger partial charge in [-0.05, 0) is 29.6 Å². The molecular formula is C16H19N3O3S2. The molecule has 8 heteroatoms. The third kappa shape index (κ3) is 4.21. The first-order valence-electron chi connectivity index (χ1n) is 7.65. The van der Waals surface area contributed by atoms with Crippen LogP contribution in [0.1, 0.15) is 15.2 Å². The van der Waals surface area contributed by atoms with Crippen LogP contribution in [0.3, 0.4) is 0 Å². The Morgan fingerprint density at radius 1 is 1.25 bits per heavy atom. The number of hydrogen-bond acceptors (Lipinski definition) is 5. The van der Waals surface area contributed by atoms with Crippen LogP contribution in [-0.2, 0) is 16.6 Å². The topological polar surface area (TPSA) is 87.3 Å². The van der Waals surface area contributed by atoms with Crippen molar-refractivity contribution in [2.75, 3.05) is 19.6 Å². The first kappa shape index (κ1) is 17.1. The molecule has 1 aliphatic rings. The molecule has 24 heavy (non-hydrogen) atoms. The fraction of sp³-hybridized carbons (Fsp3) is 0.312. The Balaban J connectivity index is 1.65. The summed E-state index contributed by atoms with van der Waals surface area (Å²) in [6.07, 6.45) is 0. The number of benzene rings is 1. The Morgan fingerprint density at radius 3 is 2.75 bits per heavy atom. The minimum absolute atomic E-state index is 0.0945. The van der Waals surface area contributed by atoms with E-state index in [0.717, 1.165) is 18.0 Å². The predicted octanol–water partition coefficient (Wildman–Crippen LogP) is 1.18. The highest BCUT2D eigenvalue weighted by Gasteiger charge is 2.19. The fourth-order valence-electron chi connectivity index (χ4n) is 2.30. The van der Waals surface area contributed by atoms with Crippen LogP contribution in [0.15, 0.2) is 46.7 Å². The number of carbonyl (C=O) groups is 1. The number of rotatable bonds is 7. The van der Waals surface area contributed by atoms with E-state index in [1.54, 1.807) is 12.1 Å². The van der Waals surface area contributed by atoms with Gasteiger partial charge < -0.3 is 10.6 Å². The lowest BCUT2D eigenvalue weighted by atomic mass is 10.0. The third-order valence-corrected chi connectivity index (χ3v) is 6.12. The monoisotopic (exact) mass is 365 g/mol. The van der Waals surface area contributed by atoms with Crippen LogP contribution in [-0.4, -0.2) is 34.0 Å². The van der Waals surface area contributed by atoms with Crippen LogP contribution in [0, 0.1) is 5.92 Å². The number of thiophene rings is 1. The van der Waals surface area contributed by atoms with Gasteiger partial charge in [-0.3, -0.25) is 4.79 Å². The van der Waals surface area contributed by atoms with Gasteiger partial charge >= 0.3 is 0 Å². The molecule has 3 rings (SSSR count). The van der Waals surface area contributed by atoms with E-state index < -0.39 is 10.0 Å². The molecule has 0 saturated carbocycles. The lowest BCUT2D eigenvalue weighted by molar-refractivity contribution is 0.0942. The zero-order valence-electron chi connectivity index (χ0n) is 13.0. The van der Waals surface area contributed by atoms with Crippen molar-refractivity contribution in [1.82, 2.24) is 15.4 Å². The Morgan fingerprint density at radius 2 is 2.08 bits per heavy atom. The van der Waals surface area contributed by atoms with E-state index >= 15 is 0 Å². The molecule has 1 aliphatic heterocycles. The molecule has 0 unspecified atom stereocenters. The summed E-state index contributed by atoms with van der Waals surface area (Å²) >= 11 is 1.49. The number of nitrogens with one attached hydrogen (secondary N) is 3. The second kappa shape index (κ2) is 7.43. The number of sulfonamides is 1. The van der Waals surface area contributed by atoms with Gasteiger partial charge in [0.1, 0.15) is 0 Å². The van der Waals surface area contributed by atoms with Gasteiger partial charge in [0, 0.05) is 42.5 Å². The van der Waals surface area contributed by atoms with E-state index in [4.69, 9.17) is 0 Å². The molecule has 3 N–H and O–H groups in total. The average Bonchev–Trinajstić information content (AvgIpc) is 3.05. The van der Waals surface area contributed by atoms with Gasteiger partial charge in [0.15, 0.2) is 0 Å². The fourth-order valence-corrected chi connectivity index (χ4v) is 4.09. The Hall–Kier alpha value is -1.74. The summed E-state index contributed by atoms with van der Waals surface area (Å²) in [5.41, 5.74) is 0.348. The first-order valence-corrected chi connectivity index (χ1v) is 10.0. The molecule has 0 spiro atoms. The van der Waals surface area contributed by atoms with E-state index in [9.17, 15) is 13.2 Å². The summed E-state index contributed by atoms with van der Waals surface area (Å²) in [7, 11) is -3.65.